The maximum absolute atomic E-state index is 10.9. The third-order valence-electron chi connectivity index (χ3n) is 5.02. The smallest absolute Gasteiger partial charge is 0.306 e. The topological polar surface area (TPSA) is 72.8 Å². The van der Waals surface area contributed by atoms with Gasteiger partial charge in [-0.1, -0.05) is 6.42 Å². The number of aliphatic hydroxyl groups is 1. The van der Waals surface area contributed by atoms with Gasteiger partial charge in [-0.2, -0.15) is 0 Å². The Hall–Kier alpha value is -0.650. The number of carboxylic acids is 1. The molecule has 116 valence electrons. The summed E-state index contributed by atoms with van der Waals surface area (Å²) < 4.78 is 0. The molecule has 5 nitrogen and oxygen atoms in total. The molecular weight excluding hydrogens is 256 g/mol. The van der Waals surface area contributed by atoms with Crippen LogP contribution in [0, 0.1) is 5.92 Å². The van der Waals surface area contributed by atoms with Crippen molar-refractivity contribution in [1.29, 1.82) is 0 Å². The first-order valence-electron chi connectivity index (χ1n) is 7.86. The molecule has 0 aromatic rings. The maximum Gasteiger partial charge on any atom is 0.306 e. The molecule has 0 bridgehead atoms. The van der Waals surface area contributed by atoms with E-state index in [9.17, 15) is 9.90 Å². The van der Waals surface area contributed by atoms with Gasteiger partial charge in [0.2, 0.25) is 0 Å². The zero-order valence-corrected chi connectivity index (χ0v) is 12.5. The molecule has 20 heavy (non-hydrogen) atoms. The second kappa shape index (κ2) is 6.87. The summed E-state index contributed by atoms with van der Waals surface area (Å²) in [5.74, 6) is -0.983. The van der Waals surface area contributed by atoms with E-state index >= 15 is 0 Å². The number of nitrogens with zero attached hydrogens (tertiary/aromatic N) is 1. The summed E-state index contributed by atoms with van der Waals surface area (Å²) >= 11 is 0. The number of piperidine rings is 1. The molecule has 0 spiro atoms. The number of carbonyl (C=O) groups is 1. The number of carboxylic acid groups (broad SMARTS) is 1. The van der Waals surface area contributed by atoms with Crippen LogP contribution in [0.1, 0.15) is 44.9 Å². The number of rotatable bonds is 5. The Balaban J connectivity index is 1.69. The van der Waals surface area contributed by atoms with Crippen LogP contribution in [0.4, 0.5) is 0 Å². The van der Waals surface area contributed by atoms with E-state index in [1.807, 2.05) is 0 Å². The summed E-state index contributed by atoms with van der Waals surface area (Å²) in [5.41, 5.74) is -0.709. The highest BCUT2D eigenvalue weighted by atomic mass is 16.4. The first-order valence-corrected chi connectivity index (χ1v) is 7.86. The number of likely N-dealkylation sites (N-methyl/N-ethyl adjacent to an activating group) is 1. The van der Waals surface area contributed by atoms with Gasteiger partial charge in [0.15, 0.2) is 0 Å². The predicted octanol–water partition coefficient (Wildman–Crippen LogP) is 1.07. The summed E-state index contributed by atoms with van der Waals surface area (Å²) in [6.45, 7) is 2.67. The van der Waals surface area contributed by atoms with Gasteiger partial charge < -0.3 is 20.4 Å². The minimum Gasteiger partial charge on any atom is -0.481 e. The fraction of sp³-hybridized carbons (Fsp3) is 0.933. The summed E-state index contributed by atoms with van der Waals surface area (Å²) in [5, 5.41) is 22.9. The molecule has 1 heterocycles. The Morgan fingerprint density at radius 2 is 2.00 bits per heavy atom. The average Bonchev–Trinajstić information content (AvgIpc) is 2.41. The highest BCUT2D eigenvalue weighted by Crippen LogP contribution is 2.31. The maximum atomic E-state index is 10.9. The second-order valence-electron chi connectivity index (χ2n) is 6.60. The summed E-state index contributed by atoms with van der Waals surface area (Å²) in [4.78, 5) is 13.3. The standard InChI is InChI=1S/C15H28N2O3/c1-17-9-3-2-4-13(17)10-16-11-15(20)7-5-12(6-8-15)14(18)19/h12-13,16,20H,2-11H2,1H3,(H,18,19). The van der Waals surface area contributed by atoms with E-state index in [1.54, 1.807) is 0 Å². The lowest BCUT2D eigenvalue weighted by molar-refractivity contribution is -0.144. The molecule has 0 radical (unpaired) electrons. The largest absolute Gasteiger partial charge is 0.481 e. The molecule has 1 saturated heterocycles. The molecule has 1 unspecified atom stereocenters. The first-order chi connectivity index (χ1) is 9.50. The number of aliphatic carboxylic acids is 1. The quantitative estimate of drug-likeness (QED) is 0.704. The normalized spacial score (nSPS) is 35.9. The zero-order valence-electron chi connectivity index (χ0n) is 12.5. The van der Waals surface area contributed by atoms with E-state index in [-0.39, 0.29) is 5.92 Å². The molecule has 2 aliphatic rings. The first kappa shape index (κ1) is 15.7. The Morgan fingerprint density at radius 1 is 1.30 bits per heavy atom. The molecule has 2 rings (SSSR count). The van der Waals surface area contributed by atoms with Crippen molar-refractivity contribution in [3.63, 3.8) is 0 Å². The number of nitrogens with one attached hydrogen (secondary N) is 1. The van der Waals surface area contributed by atoms with Crippen LogP contribution >= 0.6 is 0 Å². The summed E-state index contributed by atoms with van der Waals surface area (Å²) in [6, 6.07) is 0.572. The van der Waals surface area contributed by atoms with Crippen LogP contribution in [0.5, 0.6) is 0 Å². The molecule has 1 saturated carbocycles. The molecule has 0 aromatic carbocycles. The number of likely N-dealkylation sites (tertiary alicyclic amines) is 1. The minimum absolute atomic E-state index is 0.264. The lowest BCUT2D eigenvalue weighted by Gasteiger charge is -2.37. The lowest BCUT2D eigenvalue weighted by atomic mass is 9.79. The van der Waals surface area contributed by atoms with Gasteiger partial charge in [0.1, 0.15) is 0 Å². The Bertz CT molecular complexity index is 327. The Kier molecular flexibility index (Phi) is 5.41. The van der Waals surface area contributed by atoms with E-state index in [4.69, 9.17) is 5.11 Å². The molecule has 3 N–H and O–H groups in total. The van der Waals surface area contributed by atoms with Gasteiger partial charge in [0.25, 0.3) is 0 Å². The van der Waals surface area contributed by atoms with Gasteiger partial charge in [-0.05, 0) is 52.1 Å². The van der Waals surface area contributed by atoms with Crippen LogP contribution in [0.15, 0.2) is 0 Å². The molecule has 5 heteroatoms. The van der Waals surface area contributed by atoms with E-state index in [0.29, 0.717) is 38.3 Å². The highest BCUT2D eigenvalue weighted by Gasteiger charge is 2.35. The van der Waals surface area contributed by atoms with E-state index in [0.717, 1.165) is 13.1 Å². The second-order valence-corrected chi connectivity index (χ2v) is 6.60. The molecule has 1 aliphatic carbocycles. The van der Waals surface area contributed by atoms with Crippen LogP contribution in [-0.4, -0.2) is 59.4 Å². The minimum atomic E-state index is -0.719. The average molecular weight is 284 g/mol. The highest BCUT2D eigenvalue weighted by molar-refractivity contribution is 5.70. The van der Waals surface area contributed by atoms with Crippen molar-refractivity contribution >= 4 is 5.97 Å². The van der Waals surface area contributed by atoms with Crippen molar-refractivity contribution in [2.75, 3.05) is 26.7 Å². The third-order valence-corrected chi connectivity index (χ3v) is 5.02. The van der Waals surface area contributed by atoms with Gasteiger partial charge in [0, 0.05) is 19.1 Å². The van der Waals surface area contributed by atoms with Crippen LogP contribution in [-0.2, 0) is 4.79 Å². The summed E-state index contributed by atoms with van der Waals surface area (Å²) in [7, 11) is 2.16. The third kappa shape index (κ3) is 4.17. The van der Waals surface area contributed by atoms with Crippen molar-refractivity contribution in [2.45, 2.75) is 56.6 Å². The lowest BCUT2D eigenvalue weighted by Crippen LogP contribution is -2.49. The Morgan fingerprint density at radius 3 is 2.60 bits per heavy atom. The molecular formula is C15H28N2O3. The van der Waals surface area contributed by atoms with Crippen molar-refractivity contribution in [3.05, 3.63) is 0 Å². The molecule has 1 aliphatic heterocycles. The SMILES string of the molecule is CN1CCCCC1CNCC1(O)CCC(C(=O)O)CC1. The van der Waals surface area contributed by atoms with Gasteiger partial charge in [-0.15, -0.1) is 0 Å². The van der Waals surface area contributed by atoms with Gasteiger partial charge in [-0.25, -0.2) is 0 Å². The van der Waals surface area contributed by atoms with Crippen molar-refractivity contribution < 1.29 is 15.0 Å². The zero-order chi connectivity index (χ0) is 14.6. The number of hydrogen-bond donors (Lipinski definition) is 3. The fourth-order valence-corrected chi connectivity index (χ4v) is 3.45. The van der Waals surface area contributed by atoms with Gasteiger partial charge in [0.05, 0.1) is 11.5 Å². The molecule has 1 atom stereocenters. The van der Waals surface area contributed by atoms with Crippen molar-refractivity contribution in [3.8, 4) is 0 Å². The van der Waals surface area contributed by atoms with E-state index < -0.39 is 11.6 Å². The number of hydrogen-bond acceptors (Lipinski definition) is 4. The van der Waals surface area contributed by atoms with Crippen LogP contribution < -0.4 is 5.32 Å². The monoisotopic (exact) mass is 284 g/mol. The van der Waals surface area contributed by atoms with Gasteiger partial charge >= 0.3 is 5.97 Å². The molecule has 2 fully saturated rings. The van der Waals surface area contributed by atoms with Crippen molar-refractivity contribution in [1.82, 2.24) is 10.2 Å². The molecule has 0 amide bonds. The van der Waals surface area contributed by atoms with Crippen molar-refractivity contribution in [2.24, 2.45) is 5.92 Å². The van der Waals surface area contributed by atoms with E-state index in [1.165, 1.54) is 19.3 Å². The van der Waals surface area contributed by atoms with E-state index in [2.05, 4.69) is 17.3 Å². The van der Waals surface area contributed by atoms with Crippen LogP contribution in [0.2, 0.25) is 0 Å². The van der Waals surface area contributed by atoms with Gasteiger partial charge in [-0.3, -0.25) is 4.79 Å². The summed E-state index contributed by atoms with van der Waals surface area (Å²) in [6.07, 6.45) is 6.18. The fourth-order valence-electron chi connectivity index (χ4n) is 3.45. The Labute approximate surface area is 121 Å². The van der Waals surface area contributed by atoms with Crippen LogP contribution in [0.25, 0.3) is 0 Å². The van der Waals surface area contributed by atoms with Crippen LogP contribution in [0.3, 0.4) is 0 Å². The molecule has 0 aromatic heterocycles. The predicted molar refractivity (Wildman–Crippen MR) is 77.7 cm³/mol.